The minimum absolute atomic E-state index is 0.129. The highest BCUT2D eigenvalue weighted by atomic mass is 16.3. The lowest BCUT2D eigenvalue weighted by Gasteiger charge is -2.28. The Kier molecular flexibility index (Phi) is 6.96. The van der Waals surface area contributed by atoms with Crippen LogP contribution in [0.3, 0.4) is 0 Å². The molecule has 3 aromatic carbocycles. The molecule has 0 aliphatic heterocycles. The molecule has 2 saturated carbocycles. The van der Waals surface area contributed by atoms with Gasteiger partial charge < -0.3 is 10.3 Å². The molecule has 9 heteroatoms. The Labute approximate surface area is 265 Å². The van der Waals surface area contributed by atoms with Gasteiger partial charge in [-0.15, -0.1) is 4.91 Å². The second-order valence-corrected chi connectivity index (χ2v) is 12.8. The van der Waals surface area contributed by atoms with Crippen LogP contribution >= 0.6 is 0 Å². The number of amides is 2. The zero-order valence-electron chi connectivity index (χ0n) is 25.5. The average molecular weight is 611 g/mol. The summed E-state index contributed by atoms with van der Waals surface area (Å²) >= 11 is 0. The van der Waals surface area contributed by atoms with Crippen LogP contribution in [0.4, 0.5) is 0 Å². The van der Waals surface area contributed by atoms with Gasteiger partial charge >= 0.3 is 5.91 Å². The standard InChI is InChI=1S/C37H34N6O3/c44-32(42-46)17-13-23-12-16-29-30(20-23)40-36(39-29)37(18-6-7-19-37)41-35(45)25-14-15-27-31(21-25)43-22-38-28-11-5-4-10-26(28)34(43)33(27)24-8-2-1-3-9-24/h4-5,10-17,20-22,24H,1-3,6-9,18-19H2,(H,39,40)(H,41,45)/b17-13+. The average Bonchev–Trinajstić information content (AvgIpc) is 3.83. The van der Waals surface area contributed by atoms with Crippen molar-refractivity contribution in [3.63, 3.8) is 0 Å². The molecule has 0 spiro atoms. The van der Waals surface area contributed by atoms with Gasteiger partial charge in [0, 0.05) is 27.6 Å². The Morgan fingerprint density at radius 2 is 1.76 bits per heavy atom. The fourth-order valence-corrected chi connectivity index (χ4v) is 7.82. The summed E-state index contributed by atoms with van der Waals surface area (Å²) in [5.41, 5.74) is 6.87. The Bertz CT molecular complexity index is 2200. The molecule has 0 radical (unpaired) electrons. The molecular formula is C37H34N6O3. The molecule has 0 saturated heterocycles. The van der Waals surface area contributed by atoms with Crippen molar-refractivity contribution >= 4 is 56.2 Å². The Hall–Kier alpha value is -5.18. The third-order valence-corrected chi connectivity index (χ3v) is 10.1. The number of carbonyl (C=O) groups excluding carboxylic acids is 2. The topological polar surface area (TPSA) is 122 Å². The van der Waals surface area contributed by atoms with Crippen LogP contribution in [-0.2, 0) is 10.3 Å². The van der Waals surface area contributed by atoms with Gasteiger partial charge in [0.1, 0.15) is 12.2 Å². The molecule has 230 valence electrons. The fourth-order valence-electron chi connectivity index (χ4n) is 7.82. The maximum absolute atomic E-state index is 14.1. The second kappa shape index (κ2) is 11.3. The number of hydrogen-bond acceptors (Lipinski definition) is 5. The van der Waals surface area contributed by atoms with Crippen molar-refractivity contribution in [2.75, 3.05) is 0 Å². The molecule has 2 fully saturated rings. The predicted molar refractivity (Wildman–Crippen MR) is 180 cm³/mol. The van der Waals surface area contributed by atoms with E-state index in [-0.39, 0.29) is 5.91 Å². The molecule has 6 aromatic rings. The van der Waals surface area contributed by atoms with E-state index in [4.69, 9.17) is 9.97 Å². The molecule has 9 nitrogen and oxygen atoms in total. The minimum Gasteiger partial charge on any atom is -0.340 e. The van der Waals surface area contributed by atoms with Gasteiger partial charge in [-0.1, -0.05) is 62.4 Å². The van der Waals surface area contributed by atoms with Gasteiger partial charge in [0.2, 0.25) is 0 Å². The fraction of sp³-hybridized carbons (Fsp3) is 0.297. The van der Waals surface area contributed by atoms with E-state index in [1.165, 1.54) is 48.6 Å². The quantitative estimate of drug-likeness (QED) is 0.146. The molecule has 2 amide bonds. The van der Waals surface area contributed by atoms with Crippen molar-refractivity contribution in [2.24, 2.45) is 5.18 Å². The monoisotopic (exact) mass is 610 g/mol. The van der Waals surface area contributed by atoms with E-state index in [1.54, 1.807) is 6.08 Å². The van der Waals surface area contributed by atoms with E-state index in [0.29, 0.717) is 11.5 Å². The lowest BCUT2D eigenvalue weighted by Crippen LogP contribution is -2.44. The van der Waals surface area contributed by atoms with Crippen LogP contribution in [0.5, 0.6) is 0 Å². The molecule has 0 unspecified atom stereocenters. The number of nitrogens with one attached hydrogen (secondary N) is 2. The lowest BCUT2D eigenvalue weighted by molar-refractivity contribution is -0.113. The Balaban J connectivity index is 1.17. The highest BCUT2D eigenvalue weighted by molar-refractivity contribution is 6.07. The first-order valence-corrected chi connectivity index (χ1v) is 16.2. The second-order valence-electron chi connectivity index (χ2n) is 12.8. The van der Waals surface area contributed by atoms with Crippen LogP contribution in [0, 0.1) is 4.91 Å². The Morgan fingerprint density at radius 1 is 0.935 bits per heavy atom. The highest BCUT2D eigenvalue weighted by Gasteiger charge is 2.40. The van der Waals surface area contributed by atoms with Gasteiger partial charge in [-0.25, -0.2) is 9.97 Å². The number of nitrogens with zero attached hydrogens (tertiary/aromatic N) is 4. The van der Waals surface area contributed by atoms with Gasteiger partial charge in [-0.05, 0) is 79.1 Å². The summed E-state index contributed by atoms with van der Waals surface area (Å²) in [5, 5.41) is 8.15. The number of para-hydroxylation sites is 1. The Morgan fingerprint density at radius 3 is 2.59 bits per heavy atom. The first kappa shape index (κ1) is 28.3. The first-order valence-electron chi connectivity index (χ1n) is 16.2. The molecule has 0 bridgehead atoms. The number of H-pyrrole nitrogens is 1. The largest absolute Gasteiger partial charge is 0.340 e. The van der Waals surface area contributed by atoms with E-state index in [2.05, 4.69) is 44.1 Å². The van der Waals surface area contributed by atoms with Crippen molar-refractivity contribution in [1.82, 2.24) is 24.7 Å². The minimum atomic E-state index is -0.836. The van der Waals surface area contributed by atoms with Crippen molar-refractivity contribution in [3.8, 4) is 0 Å². The van der Waals surface area contributed by atoms with E-state index in [9.17, 15) is 14.5 Å². The zero-order chi connectivity index (χ0) is 31.3. The molecular weight excluding hydrogens is 576 g/mol. The van der Waals surface area contributed by atoms with Crippen LogP contribution in [0.1, 0.15) is 91.0 Å². The smallest absolute Gasteiger partial charge is 0.309 e. The third kappa shape index (κ3) is 4.78. The summed E-state index contributed by atoms with van der Waals surface area (Å²) in [6.45, 7) is 0. The molecule has 0 atom stereocenters. The molecule has 3 heterocycles. The highest BCUT2D eigenvalue weighted by Crippen LogP contribution is 2.43. The number of aromatic nitrogens is 4. The number of carbonyl (C=O) groups is 2. The van der Waals surface area contributed by atoms with Gasteiger partial charge in [0.15, 0.2) is 0 Å². The van der Waals surface area contributed by atoms with Crippen molar-refractivity contribution in [1.29, 1.82) is 0 Å². The SMILES string of the molecule is O=NC(=O)/C=C/c1ccc2[nH]c(C3(NC(=O)c4ccc5c(C6CCCCC6)c6c7ccccc7ncn6c5c4)CCCC3)nc2c1. The molecule has 2 aliphatic carbocycles. The number of rotatable bonds is 6. The summed E-state index contributed by atoms with van der Waals surface area (Å²) < 4.78 is 2.19. The number of hydrogen-bond donors (Lipinski definition) is 2. The predicted octanol–water partition coefficient (Wildman–Crippen LogP) is 8.07. The van der Waals surface area contributed by atoms with Crippen molar-refractivity contribution < 1.29 is 9.59 Å². The molecule has 2 aliphatic rings. The number of benzene rings is 3. The summed E-state index contributed by atoms with van der Waals surface area (Å²) in [5.74, 6) is 0.247. The molecule has 3 aromatic heterocycles. The number of nitroso groups, excluding NO2 is 1. The van der Waals surface area contributed by atoms with E-state index >= 15 is 0 Å². The number of imidazole rings is 1. The van der Waals surface area contributed by atoms with E-state index in [1.807, 2.05) is 42.7 Å². The summed E-state index contributed by atoms with van der Waals surface area (Å²) in [6.07, 6.45) is 14.3. The van der Waals surface area contributed by atoms with Crippen molar-refractivity contribution in [2.45, 2.75) is 69.2 Å². The molecule has 8 rings (SSSR count). The van der Waals surface area contributed by atoms with Crippen LogP contribution in [0.25, 0.3) is 44.4 Å². The summed E-state index contributed by atoms with van der Waals surface area (Å²) in [7, 11) is 0. The zero-order valence-corrected chi connectivity index (χ0v) is 25.5. The summed E-state index contributed by atoms with van der Waals surface area (Å²) in [6, 6.07) is 20.0. The molecule has 2 N–H and O–H groups in total. The van der Waals surface area contributed by atoms with E-state index in [0.717, 1.165) is 70.6 Å². The number of aromatic amines is 1. The number of fused-ring (bicyclic) bond motifs is 6. The van der Waals surface area contributed by atoms with Crippen LogP contribution in [0.2, 0.25) is 0 Å². The summed E-state index contributed by atoms with van der Waals surface area (Å²) in [4.78, 5) is 49.0. The van der Waals surface area contributed by atoms with Gasteiger partial charge in [-0.2, -0.15) is 0 Å². The molecule has 46 heavy (non-hydrogen) atoms. The van der Waals surface area contributed by atoms with Gasteiger partial charge in [0.05, 0.1) is 33.1 Å². The van der Waals surface area contributed by atoms with Gasteiger partial charge in [0.25, 0.3) is 5.91 Å². The van der Waals surface area contributed by atoms with Crippen LogP contribution in [0.15, 0.2) is 78.2 Å². The van der Waals surface area contributed by atoms with Crippen LogP contribution < -0.4 is 5.32 Å². The van der Waals surface area contributed by atoms with E-state index < -0.39 is 11.4 Å². The van der Waals surface area contributed by atoms with Crippen LogP contribution in [-0.4, -0.2) is 31.2 Å². The van der Waals surface area contributed by atoms with Gasteiger partial charge in [-0.3, -0.25) is 14.0 Å². The maximum atomic E-state index is 14.1. The van der Waals surface area contributed by atoms with Crippen molar-refractivity contribution in [3.05, 3.63) is 100 Å². The normalized spacial score (nSPS) is 17.0. The lowest BCUT2D eigenvalue weighted by atomic mass is 9.82. The first-order chi connectivity index (χ1) is 22.5. The third-order valence-electron chi connectivity index (χ3n) is 10.1. The maximum Gasteiger partial charge on any atom is 0.309 e.